The lowest BCUT2D eigenvalue weighted by Crippen LogP contribution is -2.45. The molecule has 6 nitrogen and oxygen atoms in total. The predicted octanol–water partition coefficient (Wildman–Crippen LogP) is 0.411. The fraction of sp³-hybridized carbons (Fsp3) is 0.692. The number of hydrogen-bond donors (Lipinski definition) is 2. The van der Waals surface area contributed by atoms with E-state index >= 15 is 0 Å². The molecule has 1 saturated heterocycles. The maximum absolute atomic E-state index is 8.82. The molecule has 1 aromatic rings. The molecule has 2 heterocycles. The van der Waals surface area contributed by atoms with Gasteiger partial charge in [0.25, 0.3) is 0 Å². The minimum absolute atomic E-state index is 0.0998. The number of aliphatic hydroxyl groups is 1. The number of anilines is 2. The number of nitrogens with one attached hydrogen (secondary N) is 1. The Morgan fingerprint density at radius 3 is 3.11 bits per heavy atom. The van der Waals surface area contributed by atoms with Gasteiger partial charge in [-0.25, -0.2) is 9.97 Å². The van der Waals surface area contributed by atoms with Crippen molar-refractivity contribution >= 4 is 11.6 Å². The first-order valence-corrected chi connectivity index (χ1v) is 6.79. The quantitative estimate of drug-likeness (QED) is 0.804. The molecule has 1 atom stereocenters. The molecule has 0 aliphatic carbocycles. The zero-order valence-corrected chi connectivity index (χ0v) is 11.7. The van der Waals surface area contributed by atoms with Crippen LogP contribution in [-0.4, -0.2) is 66.4 Å². The summed E-state index contributed by atoms with van der Waals surface area (Å²) in [5.74, 6) is 1.69. The van der Waals surface area contributed by atoms with Crippen LogP contribution in [0.2, 0.25) is 0 Å². The fourth-order valence-electron chi connectivity index (χ4n) is 2.46. The summed E-state index contributed by atoms with van der Waals surface area (Å²) in [6, 6.07) is 2.43. The van der Waals surface area contributed by atoms with Crippen LogP contribution in [0, 0.1) is 0 Å². The molecular weight excluding hydrogens is 242 g/mol. The summed E-state index contributed by atoms with van der Waals surface area (Å²) >= 11 is 0. The molecule has 1 aliphatic rings. The Morgan fingerprint density at radius 1 is 1.53 bits per heavy atom. The predicted molar refractivity (Wildman–Crippen MR) is 76.5 cm³/mol. The van der Waals surface area contributed by atoms with Gasteiger partial charge < -0.3 is 20.2 Å². The van der Waals surface area contributed by atoms with Gasteiger partial charge in [-0.15, -0.1) is 0 Å². The largest absolute Gasteiger partial charge is 0.395 e. The van der Waals surface area contributed by atoms with Crippen molar-refractivity contribution in [3.05, 3.63) is 12.4 Å². The van der Waals surface area contributed by atoms with Gasteiger partial charge in [-0.1, -0.05) is 0 Å². The zero-order chi connectivity index (χ0) is 13.7. The normalized spacial score (nSPS) is 20.3. The molecule has 1 fully saturated rings. The van der Waals surface area contributed by atoms with Crippen molar-refractivity contribution < 1.29 is 5.11 Å². The van der Waals surface area contributed by atoms with Crippen molar-refractivity contribution in [2.45, 2.75) is 18.9 Å². The summed E-state index contributed by atoms with van der Waals surface area (Å²) in [4.78, 5) is 13.1. The lowest BCUT2D eigenvalue weighted by atomic mass is 10.1. The maximum atomic E-state index is 8.82. The Labute approximate surface area is 114 Å². The van der Waals surface area contributed by atoms with Gasteiger partial charge in [-0.3, -0.25) is 0 Å². The smallest absolute Gasteiger partial charge is 0.134 e. The molecule has 1 aliphatic heterocycles. The van der Waals surface area contributed by atoms with Gasteiger partial charge in [0.1, 0.15) is 18.0 Å². The van der Waals surface area contributed by atoms with E-state index in [1.165, 1.54) is 19.4 Å². The zero-order valence-electron chi connectivity index (χ0n) is 11.7. The molecule has 0 aromatic carbocycles. The van der Waals surface area contributed by atoms with Crippen LogP contribution in [0.1, 0.15) is 12.8 Å². The lowest BCUT2D eigenvalue weighted by molar-refractivity contribution is 0.247. The van der Waals surface area contributed by atoms with E-state index < -0.39 is 0 Å². The highest BCUT2D eigenvalue weighted by molar-refractivity contribution is 5.48. The molecular formula is C13H23N5O. The number of nitrogens with zero attached hydrogens (tertiary/aromatic N) is 4. The lowest BCUT2D eigenvalue weighted by Gasteiger charge is -2.36. The SMILES string of the molecule is CN1CCCC(N(C)c2cc(NCCO)ncn2)C1. The Bertz CT molecular complexity index is 400. The van der Waals surface area contributed by atoms with Crippen molar-refractivity contribution in [1.82, 2.24) is 14.9 Å². The van der Waals surface area contributed by atoms with Crippen molar-refractivity contribution in [2.24, 2.45) is 0 Å². The molecule has 0 saturated carbocycles. The molecule has 19 heavy (non-hydrogen) atoms. The van der Waals surface area contributed by atoms with E-state index in [1.54, 1.807) is 6.33 Å². The Morgan fingerprint density at radius 2 is 2.37 bits per heavy atom. The summed E-state index contributed by atoms with van der Waals surface area (Å²) < 4.78 is 0. The first-order chi connectivity index (χ1) is 9.20. The second-order valence-electron chi connectivity index (χ2n) is 5.08. The average Bonchev–Trinajstić information content (AvgIpc) is 2.44. The summed E-state index contributed by atoms with van der Waals surface area (Å²) in [5, 5.41) is 11.9. The highest BCUT2D eigenvalue weighted by Crippen LogP contribution is 2.20. The van der Waals surface area contributed by atoms with Gasteiger partial charge in [-0.2, -0.15) is 0 Å². The molecule has 0 amide bonds. The maximum Gasteiger partial charge on any atom is 0.134 e. The minimum atomic E-state index is 0.0998. The molecule has 6 heteroatoms. The van der Waals surface area contributed by atoms with E-state index in [2.05, 4.69) is 39.2 Å². The van der Waals surface area contributed by atoms with Gasteiger partial charge in [-0.05, 0) is 26.4 Å². The van der Waals surface area contributed by atoms with Crippen LogP contribution in [0.25, 0.3) is 0 Å². The van der Waals surface area contributed by atoms with Gasteiger partial charge in [0, 0.05) is 32.2 Å². The summed E-state index contributed by atoms with van der Waals surface area (Å²) in [7, 11) is 4.25. The van der Waals surface area contributed by atoms with E-state index in [9.17, 15) is 0 Å². The van der Waals surface area contributed by atoms with E-state index in [0.717, 1.165) is 18.2 Å². The summed E-state index contributed by atoms with van der Waals surface area (Å²) in [6.45, 7) is 2.85. The van der Waals surface area contributed by atoms with E-state index in [4.69, 9.17) is 5.11 Å². The van der Waals surface area contributed by atoms with Crippen LogP contribution in [0.3, 0.4) is 0 Å². The molecule has 0 bridgehead atoms. The number of rotatable bonds is 5. The highest BCUT2D eigenvalue weighted by Gasteiger charge is 2.22. The van der Waals surface area contributed by atoms with Crippen molar-refractivity contribution in [1.29, 1.82) is 0 Å². The third-order valence-electron chi connectivity index (χ3n) is 3.58. The third-order valence-corrected chi connectivity index (χ3v) is 3.58. The number of aliphatic hydroxyl groups excluding tert-OH is 1. The van der Waals surface area contributed by atoms with Crippen LogP contribution in [0.4, 0.5) is 11.6 Å². The molecule has 106 valence electrons. The number of hydrogen-bond acceptors (Lipinski definition) is 6. The Hall–Kier alpha value is -1.40. The first-order valence-electron chi connectivity index (χ1n) is 6.79. The number of likely N-dealkylation sites (N-methyl/N-ethyl adjacent to an activating group) is 2. The van der Waals surface area contributed by atoms with Gasteiger partial charge in [0.2, 0.25) is 0 Å². The standard InChI is InChI=1S/C13H23N5O/c1-17-6-3-4-11(9-17)18(2)13-8-12(14-5-7-19)15-10-16-13/h8,10-11,19H,3-7,9H2,1-2H3,(H,14,15,16). The average molecular weight is 265 g/mol. The van der Waals surface area contributed by atoms with Crippen LogP contribution < -0.4 is 10.2 Å². The van der Waals surface area contributed by atoms with Crippen molar-refractivity contribution in [3.63, 3.8) is 0 Å². The van der Waals surface area contributed by atoms with Crippen LogP contribution >= 0.6 is 0 Å². The van der Waals surface area contributed by atoms with Crippen molar-refractivity contribution in [3.8, 4) is 0 Å². The minimum Gasteiger partial charge on any atom is -0.395 e. The summed E-state index contributed by atoms with van der Waals surface area (Å²) in [5.41, 5.74) is 0. The molecule has 1 aromatic heterocycles. The van der Waals surface area contributed by atoms with Crippen molar-refractivity contribution in [2.75, 3.05) is 50.6 Å². The highest BCUT2D eigenvalue weighted by atomic mass is 16.3. The Balaban J connectivity index is 2.03. The van der Waals surface area contributed by atoms with Crippen LogP contribution in [-0.2, 0) is 0 Å². The molecule has 0 radical (unpaired) electrons. The number of likely N-dealkylation sites (tertiary alicyclic amines) is 1. The fourth-order valence-corrected chi connectivity index (χ4v) is 2.46. The van der Waals surface area contributed by atoms with E-state index in [1.807, 2.05) is 6.07 Å². The van der Waals surface area contributed by atoms with Gasteiger partial charge in [0.15, 0.2) is 0 Å². The van der Waals surface area contributed by atoms with Crippen LogP contribution in [0.5, 0.6) is 0 Å². The topological polar surface area (TPSA) is 64.5 Å². The summed E-state index contributed by atoms with van der Waals surface area (Å²) in [6.07, 6.45) is 3.99. The van der Waals surface area contributed by atoms with E-state index in [0.29, 0.717) is 12.6 Å². The van der Waals surface area contributed by atoms with Crippen LogP contribution in [0.15, 0.2) is 12.4 Å². The number of aromatic nitrogens is 2. The molecule has 1 unspecified atom stereocenters. The van der Waals surface area contributed by atoms with E-state index in [-0.39, 0.29) is 6.61 Å². The molecule has 2 rings (SSSR count). The number of piperidine rings is 1. The first kappa shape index (κ1) is 14.0. The monoisotopic (exact) mass is 265 g/mol. The van der Waals surface area contributed by atoms with Gasteiger partial charge >= 0.3 is 0 Å². The Kier molecular flexibility index (Phi) is 4.93. The molecule has 2 N–H and O–H groups in total. The van der Waals surface area contributed by atoms with Gasteiger partial charge in [0.05, 0.1) is 6.61 Å². The third kappa shape index (κ3) is 3.78. The second-order valence-corrected chi connectivity index (χ2v) is 5.08. The molecule has 0 spiro atoms. The second kappa shape index (κ2) is 6.68.